The van der Waals surface area contributed by atoms with E-state index in [0.717, 1.165) is 30.0 Å². The third-order valence-corrected chi connectivity index (χ3v) is 4.59. The summed E-state index contributed by atoms with van der Waals surface area (Å²) >= 11 is 0. The summed E-state index contributed by atoms with van der Waals surface area (Å²) in [5.41, 5.74) is 2.54. The van der Waals surface area contributed by atoms with Gasteiger partial charge in [0.15, 0.2) is 0 Å². The van der Waals surface area contributed by atoms with Gasteiger partial charge in [-0.15, -0.1) is 0 Å². The Morgan fingerprint density at radius 2 is 2.12 bits per heavy atom. The summed E-state index contributed by atoms with van der Waals surface area (Å²) in [5.74, 6) is 0.471. The molecule has 2 heterocycles. The van der Waals surface area contributed by atoms with E-state index in [2.05, 4.69) is 17.3 Å². The maximum absolute atomic E-state index is 12.7. The first-order chi connectivity index (χ1) is 11.6. The van der Waals surface area contributed by atoms with Crippen molar-refractivity contribution in [3.05, 3.63) is 42.2 Å². The molecule has 24 heavy (non-hydrogen) atoms. The molecule has 1 fully saturated rings. The van der Waals surface area contributed by atoms with Crippen molar-refractivity contribution in [3.8, 4) is 5.69 Å². The van der Waals surface area contributed by atoms with Crippen LogP contribution in [-0.4, -0.2) is 47.0 Å². The van der Waals surface area contributed by atoms with Gasteiger partial charge in [-0.3, -0.25) is 0 Å². The van der Waals surface area contributed by atoms with Crippen LogP contribution in [0.2, 0.25) is 0 Å². The molecule has 2 aromatic rings. The molecule has 1 N–H and O–H groups in total. The second-order valence-electron chi connectivity index (χ2n) is 6.34. The zero-order chi connectivity index (χ0) is 17.1. The second-order valence-corrected chi connectivity index (χ2v) is 6.34. The molecule has 0 spiro atoms. The number of carbonyl (C=O) groups excluding carboxylic acids is 1. The Balaban J connectivity index is 1.75. The number of nitrogens with zero attached hydrogens (tertiary/aromatic N) is 3. The van der Waals surface area contributed by atoms with Crippen LogP contribution >= 0.6 is 0 Å². The molecule has 0 radical (unpaired) electrons. The average Bonchev–Trinajstić information content (AvgIpc) is 3.02. The van der Waals surface area contributed by atoms with Gasteiger partial charge in [0, 0.05) is 26.4 Å². The molecule has 3 rings (SSSR count). The molecule has 6 nitrogen and oxygen atoms in total. The van der Waals surface area contributed by atoms with Crippen LogP contribution in [0.5, 0.6) is 0 Å². The number of ether oxygens (including phenoxy) is 1. The van der Waals surface area contributed by atoms with Gasteiger partial charge in [-0.1, -0.05) is 19.1 Å². The van der Waals surface area contributed by atoms with Gasteiger partial charge in [0.2, 0.25) is 0 Å². The first-order valence-corrected chi connectivity index (χ1v) is 8.29. The maximum atomic E-state index is 12.7. The molecule has 0 aliphatic carbocycles. The molecule has 1 aromatic carbocycles. The number of likely N-dealkylation sites (tertiary alicyclic amines) is 1. The fraction of sp³-hybridized carbons (Fsp3) is 0.444. The summed E-state index contributed by atoms with van der Waals surface area (Å²) < 4.78 is 7.27. The van der Waals surface area contributed by atoms with Crippen molar-refractivity contribution in [1.82, 2.24) is 14.7 Å². The minimum absolute atomic E-state index is 0.0912. The lowest BCUT2D eigenvalue weighted by molar-refractivity contribution is 0.00896. The van der Waals surface area contributed by atoms with E-state index in [0.29, 0.717) is 12.5 Å². The molecule has 2 amide bonds. The number of hydrogen-bond acceptors (Lipinski definition) is 3. The van der Waals surface area contributed by atoms with Gasteiger partial charge in [0.05, 0.1) is 23.2 Å². The van der Waals surface area contributed by atoms with Gasteiger partial charge in [-0.2, -0.15) is 5.10 Å². The van der Waals surface area contributed by atoms with Crippen molar-refractivity contribution >= 4 is 11.7 Å². The second kappa shape index (κ2) is 7.05. The fourth-order valence-corrected chi connectivity index (χ4v) is 3.05. The minimum Gasteiger partial charge on any atom is -0.379 e. The van der Waals surface area contributed by atoms with Gasteiger partial charge in [0.25, 0.3) is 0 Å². The van der Waals surface area contributed by atoms with Gasteiger partial charge < -0.3 is 15.0 Å². The van der Waals surface area contributed by atoms with E-state index in [1.165, 1.54) is 0 Å². The fourth-order valence-electron chi connectivity index (χ4n) is 3.05. The van der Waals surface area contributed by atoms with Crippen molar-refractivity contribution in [2.75, 3.05) is 25.5 Å². The summed E-state index contributed by atoms with van der Waals surface area (Å²) in [7, 11) is 1.71. The van der Waals surface area contributed by atoms with Crippen LogP contribution in [0.3, 0.4) is 0 Å². The number of nitrogens with one attached hydrogen (secondary N) is 1. The van der Waals surface area contributed by atoms with Crippen molar-refractivity contribution in [1.29, 1.82) is 0 Å². The Morgan fingerprint density at radius 3 is 2.83 bits per heavy atom. The van der Waals surface area contributed by atoms with Gasteiger partial charge in [-0.25, -0.2) is 9.48 Å². The third-order valence-electron chi connectivity index (χ3n) is 4.59. The van der Waals surface area contributed by atoms with Crippen LogP contribution in [0.15, 0.2) is 36.5 Å². The molecule has 0 saturated carbocycles. The van der Waals surface area contributed by atoms with Crippen LogP contribution in [-0.2, 0) is 4.74 Å². The molecule has 1 saturated heterocycles. The number of rotatable bonds is 3. The molecule has 1 aliphatic heterocycles. The first kappa shape index (κ1) is 16.5. The summed E-state index contributed by atoms with van der Waals surface area (Å²) in [6, 6.07) is 9.52. The smallest absolute Gasteiger partial charge is 0.321 e. The number of piperidine rings is 1. The Kier molecular flexibility index (Phi) is 4.85. The van der Waals surface area contributed by atoms with Crippen LogP contribution < -0.4 is 5.32 Å². The minimum atomic E-state index is -0.0970. The molecule has 1 aromatic heterocycles. The third kappa shape index (κ3) is 3.43. The zero-order valence-electron chi connectivity index (χ0n) is 14.4. The van der Waals surface area contributed by atoms with E-state index in [4.69, 9.17) is 4.74 Å². The van der Waals surface area contributed by atoms with Gasteiger partial charge in [-0.05, 0) is 37.5 Å². The van der Waals surface area contributed by atoms with Crippen LogP contribution in [0.25, 0.3) is 5.69 Å². The lowest BCUT2D eigenvalue weighted by atomic mass is 9.96. The Bertz CT molecular complexity index is 713. The van der Waals surface area contributed by atoms with E-state index in [-0.39, 0.29) is 12.1 Å². The van der Waals surface area contributed by atoms with Gasteiger partial charge >= 0.3 is 6.03 Å². The topological polar surface area (TPSA) is 59.4 Å². The molecular weight excluding hydrogens is 304 g/mol. The highest BCUT2D eigenvalue weighted by atomic mass is 16.5. The normalized spacial score (nSPS) is 20.9. The zero-order valence-corrected chi connectivity index (χ0v) is 14.4. The van der Waals surface area contributed by atoms with Crippen LogP contribution in [0.1, 0.15) is 19.0 Å². The summed E-state index contributed by atoms with van der Waals surface area (Å²) in [4.78, 5) is 14.5. The number of carbonyl (C=O) groups is 1. The Labute approximate surface area is 142 Å². The van der Waals surface area contributed by atoms with E-state index in [9.17, 15) is 4.79 Å². The highest BCUT2D eigenvalue weighted by Crippen LogP contribution is 2.23. The van der Waals surface area contributed by atoms with Crippen LogP contribution in [0, 0.1) is 12.8 Å². The number of aryl methyl sites for hydroxylation is 1. The molecule has 2 atom stereocenters. The number of urea groups is 1. The number of para-hydroxylation sites is 2. The van der Waals surface area contributed by atoms with Crippen molar-refractivity contribution in [3.63, 3.8) is 0 Å². The summed E-state index contributed by atoms with van der Waals surface area (Å²) in [6.45, 7) is 5.47. The van der Waals surface area contributed by atoms with Crippen LogP contribution in [0.4, 0.5) is 10.5 Å². The first-order valence-electron chi connectivity index (χ1n) is 8.29. The molecular formula is C18H24N4O2. The van der Waals surface area contributed by atoms with Crippen molar-refractivity contribution in [2.45, 2.75) is 26.4 Å². The number of aromatic nitrogens is 2. The SMILES string of the molecule is CO[C@@H]1CN(C(=O)Nc2ccccc2-n2ccc(C)n2)CC[C@H]1C. The number of benzene rings is 1. The number of anilines is 1. The lowest BCUT2D eigenvalue weighted by Crippen LogP contribution is -2.48. The highest BCUT2D eigenvalue weighted by Gasteiger charge is 2.29. The number of amides is 2. The molecule has 1 aliphatic rings. The maximum Gasteiger partial charge on any atom is 0.321 e. The lowest BCUT2D eigenvalue weighted by Gasteiger charge is -2.36. The largest absolute Gasteiger partial charge is 0.379 e. The average molecular weight is 328 g/mol. The van der Waals surface area contributed by atoms with E-state index >= 15 is 0 Å². The Hall–Kier alpha value is -2.34. The standard InChI is InChI=1S/C18H24N4O2/c1-13-8-10-21(12-17(13)24-3)18(23)19-15-6-4-5-7-16(15)22-11-9-14(2)20-22/h4-7,9,11,13,17H,8,10,12H2,1-3H3,(H,19,23)/t13-,17-/m1/s1. The molecule has 6 heteroatoms. The monoisotopic (exact) mass is 328 g/mol. The van der Waals surface area contributed by atoms with E-state index in [1.807, 2.05) is 48.4 Å². The molecule has 128 valence electrons. The predicted octanol–water partition coefficient (Wildman–Crippen LogP) is 3.07. The molecule has 0 unspecified atom stereocenters. The van der Waals surface area contributed by atoms with Crippen molar-refractivity contribution < 1.29 is 9.53 Å². The quantitative estimate of drug-likeness (QED) is 0.942. The number of hydrogen-bond donors (Lipinski definition) is 1. The predicted molar refractivity (Wildman–Crippen MR) is 93.5 cm³/mol. The highest BCUT2D eigenvalue weighted by molar-refractivity contribution is 5.91. The Morgan fingerprint density at radius 1 is 1.33 bits per heavy atom. The van der Waals surface area contributed by atoms with Gasteiger partial charge in [0.1, 0.15) is 0 Å². The van der Waals surface area contributed by atoms with E-state index in [1.54, 1.807) is 11.8 Å². The molecule has 0 bridgehead atoms. The van der Waals surface area contributed by atoms with E-state index < -0.39 is 0 Å². The van der Waals surface area contributed by atoms with Crippen molar-refractivity contribution in [2.24, 2.45) is 5.92 Å². The number of methoxy groups -OCH3 is 1. The summed E-state index contributed by atoms with van der Waals surface area (Å²) in [5, 5.41) is 7.45. The summed E-state index contributed by atoms with van der Waals surface area (Å²) in [6.07, 6.45) is 2.93.